The van der Waals surface area contributed by atoms with E-state index in [0.29, 0.717) is 11.6 Å². The third kappa shape index (κ3) is 3.35. The topological polar surface area (TPSA) is 34.1 Å². The maximum atomic E-state index is 11.3. The van der Waals surface area contributed by atoms with Crippen molar-refractivity contribution in [1.82, 2.24) is 0 Å². The first kappa shape index (κ1) is 15.1. The van der Waals surface area contributed by atoms with Crippen LogP contribution in [0.2, 0.25) is 0 Å². The van der Waals surface area contributed by atoms with E-state index in [1.807, 2.05) is 17.5 Å². The van der Waals surface area contributed by atoms with Crippen LogP contribution in [-0.4, -0.2) is 11.6 Å². The second-order valence-corrected chi connectivity index (χ2v) is 8.71. The number of hydrogen-bond acceptors (Lipinski definition) is 4. The number of hydrogen-bond donors (Lipinski definition) is 0. The second kappa shape index (κ2) is 6.55. The molecule has 2 aliphatic carbocycles. The van der Waals surface area contributed by atoms with Crippen molar-refractivity contribution < 1.29 is 9.59 Å². The van der Waals surface area contributed by atoms with Crippen LogP contribution in [0.4, 0.5) is 0 Å². The Morgan fingerprint density at radius 3 is 2.24 bits per heavy atom. The Kier molecular flexibility index (Phi) is 4.72. The first-order valence-corrected chi connectivity index (χ1v) is 9.55. The monoisotopic (exact) mass is 382 g/mol. The molecule has 2 aliphatic rings. The third-order valence-electron chi connectivity index (χ3n) is 3.74. The number of rotatable bonds is 0. The average Bonchev–Trinajstić information content (AvgIpc) is 3.06. The van der Waals surface area contributed by atoms with Gasteiger partial charge in [-0.1, -0.05) is 0 Å². The van der Waals surface area contributed by atoms with E-state index in [-0.39, 0.29) is 0 Å². The number of Topliss-reactive ketones (excluding diaryl/α,β-unsaturated/α-hetero) is 2. The summed E-state index contributed by atoms with van der Waals surface area (Å²) < 4.78 is 1.08. The summed E-state index contributed by atoms with van der Waals surface area (Å²) in [7, 11) is 0. The maximum absolute atomic E-state index is 11.3. The number of fused-ring (bicyclic) bond motifs is 2. The molecule has 2 aromatic rings. The van der Waals surface area contributed by atoms with Gasteiger partial charge >= 0.3 is 0 Å². The summed E-state index contributed by atoms with van der Waals surface area (Å²) >= 11 is 6.78. The SMILES string of the molecule is O=C1CCCc2sc(Br)cc21.O=C1CCCc2sccc21. The molecule has 0 saturated carbocycles. The van der Waals surface area contributed by atoms with Crippen molar-refractivity contribution in [1.29, 1.82) is 0 Å². The van der Waals surface area contributed by atoms with Gasteiger partial charge < -0.3 is 0 Å². The van der Waals surface area contributed by atoms with Crippen LogP contribution in [0.3, 0.4) is 0 Å². The molecule has 0 spiro atoms. The zero-order valence-corrected chi connectivity index (χ0v) is 14.7. The highest BCUT2D eigenvalue weighted by Crippen LogP contribution is 2.32. The number of aryl methyl sites for hydroxylation is 2. The Labute approximate surface area is 140 Å². The minimum atomic E-state index is 0.313. The minimum absolute atomic E-state index is 0.313. The van der Waals surface area contributed by atoms with Gasteiger partial charge in [0.25, 0.3) is 0 Å². The van der Waals surface area contributed by atoms with Gasteiger partial charge in [0.1, 0.15) is 0 Å². The molecule has 110 valence electrons. The number of ketones is 2. The number of carbonyl (C=O) groups is 2. The van der Waals surface area contributed by atoms with Crippen LogP contribution in [0, 0.1) is 0 Å². The minimum Gasteiger partial charge on any atom is -0.294 e. The zero-order chi connectivity index (χ0) is 14.8. The Hall–Kier alpha value is -0.780. The van der Waals surface area contributed by atoms with E-state index in [0.717, 1.165) is 53.4 Å². The first-order chi connectivity index (χ1) is 10.1. The molecule has 21 heavy (non-hydrogen) atoms. The quantitative estimate of drug-likeness (QED) is 0.619. The van der Waals surface area contributed by atoms with Gasteiger partial charge in [0.05, 0.1) is 3.79 Å². The van der Waals surface area contributed by atoms with E-state index >= 15 is 0 Å². The van der Waals surface area contributed by atoms with E-state index in [1.54, 1.807) is 22.7 Å². The lowest BCUT2D eigenvalue weighted by Gasteiger charge is -2.07. The Bertz CT molecular complexity index is 684. The van der Waals surface area contributed by atoms with Crippen LogP contribution in [0.25, 0.3) is 0 Å². The highest BCUT2D eigenvalue weighted by molar-refractivity contribution is 9.11. The van der Waals surface area contributed by atoms with Crippen molar-refractivity contribution in [2.75, 3.05) is 0 Å². The van der Waals surface area contributed by atoms with Gasteiger partial charge in [0.2, 0.25) is 0 Å². The molecule has 2 aromatic heterocycles. The molecular formula is C16H15BrO2S2. The van der Waals surface area contributed by atoms with E-state index in [1.165, 1.54) is 9.75 Å². The molecule has 0 unspecified atom stereocenters. The lowest BCUT2D eigenvalue weighted by atomic mass is 9.98. The largest absolute Gasteiger partial charge is 0.294 e. The molecule has 0 N–H and O–H groups in total. The molecule has 0 bridgehead atoms. The van der Waals surface area contributed by atoms with Gasteiger partial charge in [-0.25, -0.2) is 0 Å². The van der Waals surface area contributed by atoms with Crippen molar-refractivity contribution in [2.24, 2.45) is 0 Å². The Morgan fingerprint density at radius 2 is 1.57 bits per heavy atom. The Balaban J connectivity index is 0.000000126. The molecule has 0 aromatic carbocycles. The van der Waals surface area contributed by atoms with Crippen LogP contribution in [0.1, 0.15) is 56.2 Å². The normalized spacial score (nSPS) is 16.8. The van der Waals surface area contributed by atoms with Crippen molar-refractivity contribution >= 4 is 50.2 Å². The van der Waals surface area contributed by atoms with Gasteiger partial charge in [0.15, 0.2) is 11.6 Å². The fraction of sp³-hybridized carbons (Fsp3) is 0.375. The van der Waals surface area contributed by atoms with Crippen LogP contribution in [-0.2, 0) is 12.8 Å². The van der Waals surface area contributed by atoms with Crippen LogP contribution in [0.5, 0.6) is 0 Å². The molecule has 4 rings (SSSR count). The molecule has 2 nitrogen and oxygen atoms in total. The standard InChI is InChI=1S/C8H7BrOS.C8H8OS/c9-8-4-5-6(10)2-1-3-7(5)11-8;9-7-2-1-3-8-6(7)4-5-10-8/h4H,1-3H2;4-5H,1-3H2. The lowest BCUT2D eigenvalue weighted by molar-refractivity contribution is 0.0965. The number of halogens is 1. The van der Waals surface area contributed by atoms with Crippen molar-refractivity contribution in [3.8, 4) is 0 Å². The fourth-order valence-corrected chi connectivity index (χ4v) is 5.38. The summed E-state index contributed by atoms with van der Waals surface area (Å²) in [5.41, 5.74) is 1.93. The molecule has 0 amide bonds. The maximum Gasteiger partial charge on any atom is 0.164 e. The summed E-state index contributed by atoms with van der Waals surface area (Å²) in [6.45, 7) is 0. The Morgan fingerprint density at radius 1 is 0.905 bits per heavy atom. The third-order valence-corrected chi connectivity index (χ3v) is 6.42. The highest BCUT2D eigenvalue weighted by atomic mass is 79.9. The summed E-state index contributed by atoms with van der Waals surface area (Å²) in [4.78, 5) is 25.0. The van der Waals surface area contributed by atoms with Crippen LogP contribution >= 0.6 is 38.6 Å². The van der Waals surface area contributed by atoms with Crippen LogP contribution < -0.4 is 0 Å². The molecule has 0 fully saturated rings. The van der Waals surface area contributed by atoms with Gasteiger partial charge in [-0.15, -0.1) is 22.7 Å². The van der Waals surface area contributed by atoms with Crippen molar-refractivity contribution in [2.45, 2.75) is 38.5 Å². The summed E-state index contributed by atoms with van der Waals surface area (Å²) in [6, 6.07) is 3.89. The summed E-state index contributed by atoms with van der Waals surface area (Å²) in [5.74, 6) is 0.649. The van der Waals surface area contributed by atoms with E-state index in [2.05, 4.69) is 15.9 Å². The smallest absolute Gasteiger partial charge is 0.164 e. The summed E-state index contributed by atoms with van der Waals surface area (Å²) in [6.07, 6.45) is 5.75. The molecular weight excluding hydrogens is 368 g/mol. The average molecular weight is 383 g/mol. The zero-order valence-electron chi connectivity index (χ0n) is 11.5. The fourth-order valence-electron chi connectivity index (χ4n) is 2.69. The predicted octanol–water partition coefficient (Wildman–Crippen LogP) is 5.30. The van der Waals surface area contributed by atoms with E-state index < -0.39 is 0 Å². The highest BCUT2D eigenvalue weighted by Gasteiger charge is 2.19. The molecule has 0 aliphatic heterocycles. The first-order valence-electron chi connectivity index (χ1n) is 7.06. The number of carbonyl (C=O) groups excluding carboxylic acids is 2. The molecule has 0 radical (unpaired) electrons. The van der Waals surface area contributed by atoms with E-state index in [4.69, 9.17) is 0 Å². The van der Waals surface area contributed by atoms with Gasteiger partial charge in [-0.2, -0.15) is 0 Å². The van der Waals surface area contributed by atoms with Crippen LogP contribution in [0.15, 0.2) is 21.3 Å². The summed E-state index contributed by atoms with van der Waals surface area (Å²) in [5, 5.41) is 2.01. The van der Waals surface area contributed by atoms with Crippen molar-refractivity contribution in [3.05, 3.63) is 42.2 Å². The number of thiophene rings is 2. The lowest BCUT2D eigenvalue weighted by Crippen LogP contribution is -2.06. The molecule has 2 heterocycles. The molecule has 5 heteroatoms. The van der Waals surface area contributed by atoms with Gasteiger partial charge in [-0.3, -0.25) is 9.59 Å². The van der Waals surface area contributed by atoms with E-state index in [9.17, 15) is 9.59 Å². The second-order valence-electron chi connectivity index (χ2n) is 5.20. The molecule has 0 atom stereocenters. The van der Waals surface area contributed by atoms with Gasteiger partial charge in [0, 0.05) is 33.7 Å². The van der Waals surface area contributed by atoms with Gasteiger partial charge in [-0.05, 0) is 59.1 Å². The predicted molar refractivity (Wildman–Crippen MR) is 90.9 cm³/mol. The van der Waals surface area contributed by atoms with Crippen molar-refractivity contribution in [3.63, 3.8) is 0 Å². The molecule has 0 saturated heterocycles.